The number of nitro benzene ring substituents is 1. The van der Waals surface area contributed by atoms with E-state index in [0.717, 1.165) is 6.92 Å². The van der Waals surface area contributed by atoms with Crippen LogP contribution in [0.15, 0.2) is 17.0 Å². The van der Waals surface area contributed by atoms with Gasteiger partial charge in [-0.15, -0.1) is 0 Å². The molecule has 0 aromatic heterocycles. The Kier molecular flexibility index (Phi) is 4.91. The smallest absolute Gasteiger partial charge is 0.276 e. The highest BCUT2D eigenvalue weighted by Gasteiger charge is 2.30. The second-order valence-electron chi connectivity index (χ2n) is 4.19. The Hall–Kier alpha value is -1.72. The van der Waals surface area contributed by atoms with Gasteiger partial charge in [0.15, 0.2) is 0 Å². The molecule has 0 fully saturated rings. The molecule has 118 valence electrons. The summed E-state index contributed by atoms with van der Waals surface area (Å²) in [6.45, 7) is -1.28. The lowest BCUT2D eigenvalue weighted by Gasteiger charge is -2.15. The van der Waals surface area contributed by atoms with Crippen LogP contribution in [0.4, 0.5) is 18.9 Å². The van der Waals surface area contributed by atoms with Gasteiger partial charge in [-0.2, -0.15) is 0 Å². The molecule has 21 heavy (non-hydrogen) atoms. The van der Waals surface area contributed by atoms with Crippen molar-refractivity contribution < 1.29 is 26.5 Å². The zero-order valence-electron chi connectivity index (χ0n) is 10.8. The van der Waals surface area contributed by atoms with Crippen LogP contribution in [0.2, 0.25) is 0 Å². The Morgan fingerprint density at radius 1 is 1.43 bits per heavy atom. The molecule has 7 nitrogen and oxygen atoms in total. The Morgan fingerprint density at radius 2 is 2.00 bits per heavy atom. The van der Waals surface area contributed by atoms with E-state index in [0.29, 0.717) is 12.1 Å². The molecule has 0 heterocycles. The van der Waals surface area contributed by atoms with E-state index < -0.39 is 50.4 Å². The van der Waals surface area contributed by atoms with Gasteiger partial charge in [0, 0.05) is 6.07 Å². The van der Waals surface area contributed by atoms with Gasteiger partial charge in [-0.05, 0) is 13.0 Å². The zero-order valence-corrected chi connectivity index (χ0v) is 11.6. The lowest BCUT2D eigenvalue weighted by molar-refractivity contribution is -0.385. The number of hydrogen-bond acceptors (Lipinski definition) is 5. The van der Waals surface area contributed by atoms with E-state index in [1.807, 2.05) is 0 Å². The van der Waals surface area contributed by atoms with Crippen LogP contribution in [0.3, 0.4) is 0 Å². The van der Waals surface area contributed by atoms with Crippen molar-refractivity contribution in [2.45, 2.75) is 17.7 Å². The lowest BCUT2D eigenvalue weighted by atomic mass is 10.2. The first-order valence-corrected chi connectivity index (χ1v) is 7.00. The molecule has 0 atom stereocenters. The summed E-state index contributed by atoms with van der Waals surface area (Å²) in [7, 11) is -4.53. The molecular weight excluding hydrogens is 315 g/mol. The van der Waals surface area contributed by atoms with Crippen molar-refractivity contribution in [1.82, 2.24) is 4.72 Å². The fourth-order valence-corrected chi connectivity index (χ4v) is 2.43. The topological polar surface area (TPSA) is 115 Å². The van der Waals surface area contributed by atoms with Crippen LogP contribution in [0.25, 0.3) is 0 Å². The van der Waals surface area contributed by atoms with Gasteiger partial charge in [0.05, 0.1) is 28.5 Å². The number of sulfonamides is 1. The first-order chi connectivity index (χ1) is 9.50. The maximum absolute atomic E-state index is 13.5. The third-order valence-electron chi connectivity index (χ3n) is 2.62. The summed E-state index contributed by atoms with van der Waals surface area (Å²) in [5, 5.41) is 10.7. The van der Waals surface area contributed by atoms with Gasteiger partial charge in [0.25, 0.3) is 11.6 Å². The molecule has 0 radical (unpaired) electrons. The number of nitrogens with zero attached hydrogens (tertiary/aromatic N) is 1. The number of nitro groups is 1. The summed E-state index contributed by atoms with van der Waals surface area (Å²) in [6.07, 6.45) is 0. The highest BCUT2D eigenvalue weighted by molar-refractivity contribution is 7.89. The molecule has 0 unspecified atom stereocenters. The normalized spacial score (nSPS) is 12.4. The van der Waals surface area contributed by atoms with Crippen LogP contribution < -0.4 is 10.5 Å². The largest absolute Gasteiger partial charge is 0.325 e. The lowest BCUT2D eigenvalue weighted by Crippen LogP contribution is -2.41. The predicted molar refractivity (Wildman–Crippen MR) is 67.0 cm³/mol. The van der Waals surface area contributed by atoms with Crippen molar-refractivity contribution in [2.75, 3.05) is 13.1 Å². The molecule has 1 rings (SSSR count). The van der Waals surface area contributed by atoms with Gasteiger partial charge in [-0.25, -0.2) is 26.3 Å². The van der Waals surface area contributed by atoms with Gasteiger partial charge in [-0.1, -0.05) is 0 Å². The minimum Gasteiger partial charge on any atom is -0.325 e. The van der Waals surface area contributed by atoms with Crippen LogP contribution in [-0.4, -0.2) is 32.4 Å². The molecule has 0 saturated heterocycles. The molecule has 1 aromatic rings. The van der Waals surface area contributed by atoms with Gasteiger partial charge in [-0.3, -0.25) is 10.1 Å². The van der Waals surface area contributed by atoms with Crippen LogP contribution in [0.1, 0.15) is 5.56 Å². The molecule has 0 bridgehead atoms. The highest BCUT2D eigenvalue weighted by atomic mass is 32.2. The molecule has 0 aliphatic rings. The van der Waals surface area contributed by atoms with Crippen molar-refractivity contribution >= 4 is 15.7 Å². The number of rotatable bonds is 6. The number of nitrogens with two attached hydrogens (primary N) is 1. The van der Waals surface area contributed by atoms with E-state index in [1.54, 1.807) is 0 Å². The molecule has 0 aliphatic carbocycles. The molecular formula is C10H12F3N3O4S. The van der Waals surface area contributed by atoms with Gasteiger partial charge in [0.2, 0.25) is 10.0 Å². The summed E-state index contributed by atoms with van der Waals surface area (Å²) in [6, 6.07) is 1.12. The molecule has 0 saturated carbocycles. The van der Waals surface area contributed by atoms with E-state index in [4.69, 9.17) is 5.73 Å². The third-order valence-corrected chi connectivity index (χ3v) is 4.00. The minimum atomic E-state index is -4.53. The Morgan fingerprint density at radius 3 is 2.48 bits per heavy atom. The van der Waals surface area contributed by atoms with Crippen molar-refractivity contribution in [3.8, 4) is 0 Å². The van der Waals surface area contributed by atoms with E-state index in [9.17, 15) is 31.7 Å². The SMILES string of the molecule is Cc1c(F)cc(S(=O)(=O)NCC(F)(F)CN)cc1[N+](=O)[O-]. The first kappa shape index (κ1) is 17.3. The first-order valence-electron chi connectivity index (χ1n) is 5.52. The maximum Gasteiger partial charge on any atom is 0.276 e. The summed E-state index contributed by atoms with van der Waals surface area (Å²) in [5.41, 5.74) is 3.63. The van der Waals surface area contributed by atoms with E-state index in [2.05, 4.69) is 0 Å². The number of nitrogens with one attached hydrogen (secondary N) is 1. The molecule has 3 N–H and O–H groups in total. The zero-order chi connectivity index (χ0) is 16.4. The van der Waals surface area contributed by atoms with E-state index >= 15 is 0 Å². The van der Waals surface area contributed by atoms with E-state index in [1.165, 1.54) is 4.72 Å². The average Bonchev–Trinajstić information content (AvgIpc) is 2.39. The second kappa shape index (κ2) is 5.95. The Bertz CT molecular complexity index is 664. The van der Waals surface area contributed by atoms with E-state index in [-0.39, 0.29) is 5.56 Å². The molecule has 0 amide bonds. The van der Waals surface area contributed by atoms with Gasteiger partial charge >= 0.3 is 0 Å². The minimum absolute atomic E-state index is 0.355. The molecule has 1 aromatic carbocycles. The molecule has 0 aliphatic heterocycles. The summed E-state index contributed by atoms with van der Waals surface area (Å²) >= 11 is 0. The van der Waals surface area contributed by atoms with Crippen molar-refractivity contribution in [2.24, 2.45) is 5.73 Å². The third kappa shape index (κ3) is 4.12. The van der Waals surface area contributed by atoms with Crippen molar-refractivity contribution in [3.05, 3.63) is 33.6 Å². The maximum atomic E-state index is 13.5. The number of hydrogen-bond donors (Lipinski definition) is 2. The molecule has 11 heteroatoms. The highest BCUT2D eigenvalue weighted by Crippen LogP contribution is 2.25. The fraction of sp³-hybridized carbons (Fsp3) is 0.400. The number of halogens is 3. The van der Waals surface area contributed by atoms with Crippen LogP contribution in [-0.2, 0) is 10.0 Å². The summed E-state index contributed by atoms with van der Waals surface area (Å²) in [5.74, 6) is -4.61. The van der Waals surface area contributed by atoms with Crippen LogP contribution in [0, 0.1) is 22.9 Å². The Labute approximate surface area is 118 Å². The summed E-state index contributed by atoms with van der Waals surface area (Å²) in [4.78, 5) is 8.92. The van der Waals surface area contributed by atoms with Crippen molar-refractivity contribution in [3.63, 3.8) is 0 Å². The predicted octanol–water partition coefficient (Wildman–Crippen LogP) is 0.915. The standard InChI is InChI=1S/C10H12F3N3O4S/c1-6-8(11)2-7(3-9(6)16(17)18)21(19,20)15-5-10(12,13)4-14/h2-3,15H,4-5,14H2,1H3. The quantitative estimate of drug-likeness (QED) is 0.595. The Balaban J connectivity index is 3.18. The number of alkyl halides is 2. The molecule has 0 spiro atoms. The van der Waals surface area contributed by atoms with Crippen molar-refractivity contribution in [1.29, 1.82) is 0 Å². The number of benzene rings is 1. The van der Waals surface area contributed by atoms with Gasteiger partial charge < -0.3 is 5.73 Å². The average molecular weight is 327 g/mol. The second-order valence-corrected chi connectivity index (χ2v) is 5.96. The monoisotopic (exact) mass is 327 g/mol. The fourth-order valence-electron chi connectivity index (χ4n) is 1.34. The van der Waals surface area contributed by atoms with Crippen LogP contribution in [0.5, 0.6) is 0 Å². The van der Waals surface area contributed by atoms with Gasteiger partial charge in [0.1, 0.15) is 5.82 Å². The summed E-state index contributed by atoms with van der Waals surface area (Å²) < 4.78 is 64.4. The van der Waals surface area contributed by atoms with Crippen LogP contribution >= 0.6 is 0 Å².